The normalized spacial score (nSPS) is 12.0. The number of aromatic nitrogens is 1. The van der Waals surface area contributed by atoms with E-state index in [-0.39, 0.29) is 11.2 Å². The zero-order valence-corrected chi connectivity index (χ0v) is 15.6. The molecule has 1 rings (SSSR count). The highest BCUT2D eigenvalue weighted by Crippen LogP contribution is 2.28. The van der Waals surface area contributed by atoms with Crippen LogP contribution >= 0.6 is 0 Å². The van der Waals surface area contributed by atoms with Gasteiger partial charge in [0.05, 0.1) is 0 Å². The molecule has 1 heterocycles. The Morgan fingerprint density at radius 1 is 0.870 bits per heavy atom. The first kappa shape index (κ1) is 20.1. The second-order valence-electron chi connectivity index (χ2n) is 7.57. The number of oxazole rings is 1. The topological polar surface area (TPSA) is 46.0 Å². The van der Waals surface area contributed by atoms with Crippen LogP contribution in [0.2, 0.25) is 0 Å². The van der Waals surface area contributed by atoms with Crippen LogP contribution in [0.25, 0.3) is 0 Å². The molecular formula is C20H37NO2. The highest BCUT2D eigenvalue weighted by atomic mass is 16.4. The van der Waals surface area contributed by atoms with Crippen LogP contribution in [-0.2, 0) is 5.41 Å². The Morgan fingerprint density at radius 3 is 1.78 bits per heavy atom. The Kier molecular flexibility index (Phi) is 10.1. The van der Waals surface area contributed by atoms with Gasteiger partial charge in [0.25, 0.3) is 0 Å². The molecule has 0 saturated carbocycles. The van der Waals surface area contributed by atoms with Crippen LogP contribution in [0.3, 0.4) is 0 Å². The molecule has 1 aromatic rings. The predicted octanol–water partition coefficient (Wildman–Crippen LogP) is 6.34. The molecule has 1 aromatic heterocycles. The van der Waals surface area contributed by atoms with Crippen LogP contribution in [0.1, 0.15) is 110 Å². The van der Waals surface area contributed by atoms with E-state index in [2.05, 4.69) is 25.8 Å². The van der Waals surface area contributed by atoms with Gasteiger partial charge in [0.2, 0.25) is 0 Å². The SMILES string of the molecule is CCCCCCCCCCCCCCC(C)(C)c1c[nH]c(=O)o1. The molecule has 0 unspecified atom stereocenters. The third kappa shape index (κ3) is 9.02. The van der Waals surface area contributed by atoms with Crippen molar-refractivity contribution < 1.29 is 4.42 Å². The summed E-state index contributed by atoms with van der Waals surface area (Å²) in [7, 11) is 0. The van der Waals surface area contributed by atoms with Gasteiger partial charge in [-0.25, -0.2) is 4.79 Å². The summed E-state index contributed by atoms with van der Waals surface area (Å²) in [6.45, 7) is 6.57. The monoisotopic (exact) mass is 323 g/mol. The first-order chi connectivity index (χ1) is 11.1. The smallest absolute Gasteiger partial charge is 0.413 e. The van der Waals surface area contributed by atoms with E-state index in [1.54, 1.807) is 6.20 Å². The molecule has 0 radical (unpaired) electrons. The van der Waals surface area contributed by atoms with E-state index in [1.807, 2.05) is 0 Å². The predicted molar refractivity (Wildman–Crippen MR) is 98.0 cm³/mol. The summed E-state index contributed by atoms with van der Waals surface area (Å²) in [5.74, 6) is 0.438. The molecule has 0 bridgehead atoms. The van der Waals surface area contributed by atoms with E-state index in [4.69, 9.17) is 4.42 Å². The molecule has 0 aromatic carbocycles. The molecule has 0 spiro atoms. The summed E-state index contributed by atoms with van der Waals surface area (Å²) in [5.41, 5.74) is -0.0440. The standard InChI is InChI=1S/C20H37NO2/c1-4-5-6-7-8-9-10-11-12-13-14-15-16-20(2,3)18-17-21-19(22)23-18/h17H,4-16H2,1-3H3,(H,21,22). The van der Waals surface area contributed by atoms with Crippen LogP contribution in [0.5, 0.6) is 0 Å². The minimum Gasteiger partial charge on any atom is -0.413 e. The van der Waals surface area contributed by atoms with Crippen molar-refractivity contribution in [2.45, 2.75) is 110 Å². The van der Waals surface area contributed by atoms with Crippen LogP contribution in [0, 0.1) is 0 Å². The lowest BCUT2D eigenvalue weighted by Crippen LogP contribution is -2.16. The zero-order valence-electron chi connectivity index (χ0n) is 15.6. The molecule has 3 nitrogen and oxygen atoms in total. The number of H-pyrrole nitrogens is 1. The molecule has 3 heteroatoms. The summed E-state index contributed by atoms with van der Waals surface area (Å²) in [6.07, 6.45) is 19.2. The molecular weight excluding hydrogens is 286 g/mol. The van der Waals surface area contributed by atoms with Crippen LogP contribution < -0.4 is 5.76 Å². The average Bonchev–Trinajstić information content (AvgIpc) is 2.96. The molecule has 0 atom stereocenters. The maximum atomic E-state index is 11.1. The van der Waals surface area contributed by atoms with Crippen LogP contribution in [0.4, 0.5) is 0 Å². The van der Waals surface area contributed by atoms with Gasteiger partial charge in [0.1, 0.15) is 5.76 Å². The number of aromatic amines is 1. The fourth-order valence-corrected chi connectivity index (χ4v) is 3.15. The molecule has 0 aliphatic carbocycles. The van der Waals surface area contributed by atoms with E-state index in [0.29, 0.717) is 0 Å². The van der Waals surface area contributed by atoms with Gasteiger partial charge in [-0.2, -0.15) is 0 Å². The number of nitrogens with one attached hydrogen (secondary N) is 1. The lowest BCUT2D eigenvalue weighted by Gasteiger charge is -2.21. The minimum absolute atomic E-state index is 0.0440. The van der Waals surface area contributed by atoms with Gasteiger partial charge in [-0.15, -0.1) is 0 Å². The Balaban J connectivity index is 1.94. The Hall–Kier alpha value is -0.990. The highest BCUT2D eigenvalue weighted by Gasteiger charge is 2.23. The van der Waals surface area contributed by atoms with Crippen molar-refractivity contribution in [3.63, 3.8) is 0 Å². The lowest BCUT2D eigenvalue weighted by atomic mass is 9.84. The van der Waals surface area contributed by atoms with Gasteiger partial charge in [-0.05, 0) is 6.42 Å². The molecule has 0 saturated heterocycles. The molecule has 0 fully saturated rings. The van der Waals surface area contributed by atoms with Gasteiger partial charge in [-0.3, -0.25) is 4.98 Å². The molecule has 0 aliphatic rings. The number of hydrogen-bond donors (Lipinski definition) is 1. The van der Waals surface area contributed by atoms with Crippen molar-refractivity contribution >= 4 is 0 Å². The van der Waals surface area contributed by atoms with Crippen molar-refractivity contribution in [1.29, 1.82) is 0 Å². The fourth-order valence-electron chi connectivity index (χ4n) is 3.15. The lowest BCUT2D eigenvalue weighted by molar-refractivity contribution is 0.339. The fraction of sp³-hybridized carbons (Fsp3) is 0.850. The maximum Gasteiger partial charge on any atom is 0.416 e. The van der Waals surface area contributed by atoms with Gasteiger partial charge < -0.3 is 4.42 Å². The highest BCUT2D eigenvalue weighted by molar-refractivity contribution is 5.05. The minimum atomic E-state index is -0.345. The van der Waals surface area contributed by atoms with Gasteiger partial charge >= 0.3 is 5.76 Å². The second-order valence-corrected chi connectivity index (χ2v) is 7.57. The summed E-state index contributed by atoms with van der Waals surface area (Å²) < 4.78 is 5.19. The molecule has 0 aliphatic heterocycles. The largest absolute Gasteiger partial charge is 0.416 e. The van der Waals surface area contributed by atoms with Gasteiger partial charge in [0, 0.05) is 11.6 Å². The summed E-state index contributed by atoms with van der Waals surface area (Å²) in [4.78, 5) is 13.7. The molecule has 0 amide bonds. The Bertz CT molecular complexity index is 444. The first-order valence-corrected chi connectivity index (χ1v) is 9.75. The molecule has 23 heavy (non-hydrogen) atoms. The van der Waals surface area contributed by atoms with E-state index >= 15 is 0 Å². The van der Waals surface area contributed by atoms with Crippen LogP contribution in [0.15, 0.2) is 15.4 Å². The maximum absolute atomic E-state index is 11.1. The van der Waals surface area contributed by atoms with E-state index in [1.165, 1.54) is 77.0 Å². The zero-order chi connectivity index (χ0) is 17.0. The number of unbranched alkanes of at least 4 members (excludes halogenated alkanes) is 11. The van der Waals surface area contributed by atoms with Crippen molar-refractivity contribution in [2.75, 3.05) is 0 Å². The summed E-state index contributed by atoms with van der Waals surface area (Å²) in [6, 6.07) is 0. The van der Waals surface area contributed by atoms with E-state index in [9.17, 15) is 4.79 Å². The third-order valence-corrected chi connectivity index (χ3v) is 4.85. The van der Waals surface area contributed by atoms with Crippen molar-refractivity contribution in [1.82, 2.24) is 4.98 Å². The Labute approximate surface area is 142 Å². The van der Waals surface area contributed by atoms with Crippen molar-refractivity contribution in [3.8, 4) is 0 Å². The molecule has 1 N–H and O–H groups in total. The number of hydrogen-bond acceptors (Lipinski definition) is 2. The quantitative estimate of drug-likeness (QED) is 0.406. The van der Waals surface area contributed by atoms with Crippen LogP contribution in [-0.4, -0.2) is 4.98 Å². The van der Waals surface area contributed by atoms with E-state index in [0.717, 1.165) is 12.2 Å². The van der Waals surface area contributed by atoms with Crippen molar-refractivity contribution in [3.05, 3.63) is 22.5 Å². The van der Waals surface area contributed by atoms with Gasteiger partial charge in [0.15, 0.2) is 0 Å². The third-order valence-electron chi connectivity index (χ3n) is 4.85. The van der Waals surface area contributed by atoms with Crippen molar-refractivity contribution in [2.24, 2.45) is 0 Å². The average molecular weight is 324 g/mol. The second kappa shape index (κ2) is 11.5. The summed E-state index contributed by atoms with van der Waals surface area (Å²) in [5, 5.41) is 0. The number of rotatable bonds is 14. The Morgan fingerprint density at radius 2 is 1.35 bits per heavy atom. The van der Waals surface area contributed by atoms with Gasteiger partial charge in [-0.1, -0.05) is 97.8 Å². The van der Waals surface area contributed by atoms with E-state index < -0.39 is 0 Å². The first-order valence-electron chi connectivity index (χ1n) is 9.75. The summed E-state index contributed by atoms with van der Waals surface area (Å²) >= 11 is 0. The molecule has 134 valence electrons.